The molecule has 2 fully saturated rings. The summed E-state index contributed by atoms with van der Waals surface area (Å²) in [4.78, 5) is 23.5. The number of benzene rings is 1. The van der Waals surface area contributed by atoms with E-state index in [1.54, 1.807) is 0 Å². The van der Waals surface area contributed by atoms with Crippen LogP contribution in [0.2, 0.25) is 0 Å². The molecule has 2 heterocycles. The molecular weight excluding hydrogens is 354 g/mol. The number of fused-ring (bicyclic) bond motifs is 1. The Hall–Kier alpha value is -2.09. The third kappa shape index (κ3) is 3.85. The van der Waals surface area contributed by atoms with E-state index in [0.717, 1.165) is 16.8 Å². The van der Waals surface area contributed by atoms with Gasteiger partial charge in [0.15, 0.2) is 9.84 Å². The molecule has 0 aliphatic carbocycles. The van der Waals surface area contributed by atoms with E-state index in [1.807, 2.05) is 32.0 Å². The van der Waals surface area contributed by atoms with E-state index in [0.29, 0.717) is 25.7 Å². The van der Waals surface area contributed by atoms with Gasteiger partial charge in [-0.2, -0.15) is 0 Å². The average molecular weight is 379 g/mol. The van der Waals surface area contributed by atoms with Crippen LogP contribution in [0.3, 0.4) is 0 Å². The van der Waals surface area contributed by atoms with Crippen molar-refractivity contribution in [1.82, 2.24) is 10.6 Å². The number of aryl methyl sites for hydroxylation is 1. The van der Waals surface area contributed by atoms with Gasteiger partial charge in [0, 0.05) is 12.1 Å². The summed E-state index contributed by atoms with van der Waals surface area (Å²) < 4.78 is 24.5. The Labute approximate surface area is 153 Å². The quantitative estimate of drug-likeness (QED) is 0.516. The van der Waals surface area contributed by atoms with Crippen molar-refractivity contribution in [3.8, 4) is 0 Å². The maximum atomic E-state index is 12.3. The van der Waals surface area contributed by atoms with Gasteiger partial charge in [0.2, 0.25) is 5.91 Å². The van der Waals surface area contributed by atoms with Gasteiger partial charge in [0.25, 0.3) is 0 Å². The fourth-order valence-corrected chi connectivity index (χ4v) is 6.00. The number of carbonyl (C=O) groups is 2. The molecule has 0 radical (unpaired) electrons. The first-order chi connectivity index (χ1) is 12.3. The molecule has 7 nitrogen and oxygen atoms in total. The van der Waals surface area contributed by atoms with Crippen molar-refractivity contribution in [2.24, 2.45) is 0 Å². The zero-order valence-electron chi connectivity index (χ0n) is 15.0. The molecule has 0 saturated carbocycles. The molecule has 8 heteroatoms. The zero-order chi connectivity index (χ0) is 18.9. The third-order valence-electron chi connectivity index (χ3n) is 5.34. The second-order valence-corrected chi connectivity index (χ2v) is 9.42. The molecule has 0 bridgehead atoms. The largest absolute Gasteiger partial charge is 0.332 e. The highest BCUT2D eigenvalue weighted by molar-refractivity contribution is 7.92. The number of hydrogen-bond donors (Lipinski definition) is 3. The Morgan fingerprint density at radius 3 is 2.77 bits per heavy atom. The molecule has 3 unspecified atom stereocenters. The minimum absolute atomic E-state index is 0.00576. The van der Waals surface area contributed by atoms with Crippen LogP contribution >= 0.6 is 0 Å². The molecule has 2 aliphatic rings. The number of nitrogens with one attached hydrogen (secondary N) is 3. The molecule has 142 valence electrons. The number of unbranched alkanes of at least 4 members (excludes halogenated alkanes) is 1. The lowest BCUT2D eigenvalue weighted by atomic mass is 10.0. The molecule has 1 aromatic rings. The first-order valence-corrected chi connectivity index (χ1v) is 10.6. The lowest BCUT2D eigenvalue weighted by Crippen LogP contribution is -2.39. The summed E-state index contributed by atoms with van der Waals surface area (Å²) in [5.41, 5.74) is 2.99. The third-order valence-corrected chi connectivity index (χ3v) is 7.62. The van der Waals surface area contributed by atoms with Gasteiger partial charge < -0.3 is 16.0 Å². The van der Waals surface area contributed by atoms with Gasteiger partial charge in [-0.15, -0.1) is 0 Å². The summed E-state index contributed by atoms with van der Waals surface area (Å²) in [6.45, 7) is 3.97. The molecule has 2 saturated heterocycles. The maximum Gasteiger partial charge on any atom is 0.315 e. The van der Waals surface area contributed by atoms with Crippen molar-refractivity contribution in [3.63, 3.8) is 0 Å². The second-order valence-electron chi connectivity index (χ2n) is 7.16. The number of anilines is 1. The van der Waals surface area contributed by atoms with Gasteiger partial charge in [-0.05, 0) is 43.9 Å². The monoisotopic (exact) mass is 379 g/mol. The molecule has 1 aromatic carbocycles. The van der Waals surface area contributed by atoms with Crippen molar-refractivity contribution < 1.29 is 18.0 Å². The van der Waals surface area contributed by atoms with Crippen LogP contribution in [0.4, 0.5) is 10.5 Å². The lowest BCUT2D eigenvalue weighted by Gasteiger charge is -2.16. The average Bonchev–Trinajstić information content (AvgIpc) is 3.00. The number of carbonyl (C=O) groups excluding carboxylic acids is 2. The van der Waals surface area contributed by atoms with Gasteiger partial charge >= 0.3 is 6.03 Å². The van der Waals surface area contributed by atoms with Crippen LogP contribution in [0, 0.1) is 13.8 Å². The van der Waals surface area contributed by atoms with E-state index in [2.05, 4.69) is 16.0 Å². The molecule has 3 rings (SSSR count). The van der Waals surface area contributed by atoms with Crippen LogP contribution in [0.1, 0.15) is 36.8 Å². The van der Waals surface area contributed by atoms with Crippen LogP contribution < -0.4 is 16.0 Å². The summed E-state index contributed by atoms with van der Waals surface area (Å²) in [5.74, 6) is -0.0736. The Kier molecular flexibility index (Phi) is 5.22. The van der Waals surface area contributed by atoms with E-state index < -0.39 is 15.1 Å². The highest BCUT2D eigenvalue weighted by Gasteiger charge is 2.51. The lowest BCUT2D eigenvalue weighted by molar-refractivity contribution is -0.116. The summed E-state index contributed by atoms with van der Waals surface area (Å²) in [7, 11) is -3.21. The number of amides is 3. The van der Waals surface area contributed by atoms with Crippen LogP contribution in [0.25, 0.3) is 0 Å². The molecular formula is C18H25N3O4S. The minimum Gasteiger partial charge on any atom is -0.332 e. The molecule has 3 atom stereocenters. The highest BCUT2D eigenvalue weighted by atomic mass is 32.2. The summed E-state index contributed by atoms with van der Waals surface area (Å²) in [5, 5.41) is 7.71. The number of urea groups is 1. The first-order valence-electron chi connectivity index (χ1n) is 8.92. The molecule has 3 N–H and O–H groups in total. The molecule has 2 aliphatic heterocycles. The Bertz CT molecular complexity index is 822. The van der Waals surface area contributed by atoms with Crippen molar-refractivity contribution in [3.05, 3.63) is 29.3 Å². The minimum atomic E-state index is -3.21. The van der Waals surface area contributed by atoms with E-state index in [-0.39, 0.29) is 29.8 Å². The topological polar surface area (TPSA) is 104 Å². The Morgan fingerprint density at radius 1 is 1.23 bits per heavy atom. The van der Waals surface area contributed by atoms with Gasteiger partial charge in [0.05, 0.1) is 23.1 Å². The Morgan fingerprint density at radius 2 is 2.00 bits per heavy atom. The van der Waals surface area contributed by atoms with Gasteiger partial charge in [-0.25, -0.2) is 13.2 Å². The zero-order valence-corrected chi connectivity index (χ0v) is 15.9. The van der Waals surface area contributed by atoms with E-state index in [9.17, 15) is 18.0 Å². The van der Waals surface area contributed by atoms with Gasteiger partial charge in [0.1, 0.15) is 0 Å². The fraction of sp³-hybridized carbons (Fsp3) is 0.556. The van der Waals surface area contributed by atoms with Gasteiger partial charge in [-0.1, -0.05) is 18.6 Å². The van der Waals surface area contributed by atoms with Crippen LogP contribution in [-0.4, -0.2) is 43.4 Å². The maximum absolute atomic E-state index is 12.3. The fourth-order valence-electron chi connectivity index (χ4n) is 3.74. The van der Waals surface area contributed by atoms with E-state index in [4.69, 9.17) is 0 Å². The van der Waals surface area contributed by atoms with Crippen LogP contribution in [-0.2, 0) is 14.6 Å². The Balaban J connectivity index is 1.47. The van der Waals surface area contributed by atoms with Crippen LogP contribution in [0.5, 0.6) is 0 Å². The summed E-state index contributed by atoms with van der Waals surface area (Å²) in [6.07, 6.45) is 2.05. The standard InChI is InChI=1S/C18H25N3O4S/c1-11-6-5-7-13(12(11)2)19-16(22)9-4-3-8-15-17-14(10-26(15,24)25)20-18(23)21-17/h5-7,14-15,17H,3-4,8-10H2,1-2H3,(H,19,22)(H2,20,21,23). The highest BCUT2D eigenvalue weighted by Crippen LogP contribution is 2.28. The second kappa shape index (κ2) is 7.26. The molecule has 3 amide bonds. The molecule has 0 spiro atoms. The van der Waals surface area contributed by atoms with E-state index >= 15 is 0 Å². The number of hydrogen-bond acceptors (Lipinski definition) is 4. The smallest absolute Gasteiger partial charge is 0.315 e. The summed E-state index contributed by atoms with van der Waals surface area (Å²) in [6, 6.07) is 4.80. The van der Waals surface area contributed by atoms with Gasteiger partial charge in [-0.3, -0.25) is 4.79 Å². The van der Waals surface area contributed by atoms with E-state index in [1.165, 1.54) is 0 Å². The van der Waals surface area contributed by atoms with Crippen molar-refractivity contribution in [2.45, 2.75) is 56.9 Å². The first kappa shape index (κ1) is 18.7. The van der Waals surface area contributed by atoms with Crippen molar-refractivity contribution in [1.29, 1.82) is 0 Å². The molecule has 0 aromatic heterocycles. The normalized spacial score (nSPS) is 26.1. The predicted octanol–water partition coefficient (Wildman–Crippen LogP) is 1.65. The SMILES string of the molecule is Cc1cccc(NC(=O)CCCCC2C3NC(=O)NC3CS2(=O)=O)c1C. The number of rotatable bonds is 6. The van der Waals surface area contributed by atoms with Crippen molar-refractivity contribution >= 4 is 27.5 Å². The van der Waals surface area contributed by atoms with Crippen LogP contribution in [0.15, 0.2) is 18.2 Å². The number of sulfone groups is 1. The summed E-state index contributed by atoms with van der Waals surface area (Å²) >= 11 is 0. The predicted molar refractivity (Wildman–Crippen MR) is 99.8 cm³/mol. The van der Waals surface area contributed by atoms with Crippen molar-refractivity contribution in [2.75, 3.05) is 11.1 Å². The molecule has 26 heavy (non-hydrogen) atoms.